The first-order valence-electron chi connectivity index (χ1n) is 12.0. The zero-order valence-corrected chi connectivity index (χ0v) is 19.6. The molecule has 0 N–H and O–H groups in total. The van der Waals surface area contributed by atoms with Crippen molar-refractivity contribution in [3.8, 4) is 0 Å². The van der Waals surface area contributed by atoms with Gasteiger partial charge in [0.1, 0.15) is 6.04 Å². The number of carbonyl (C=O) groups excluding carboxylic acids is 4. The second-order valence-electron chi connectivity index (χ2n) is 9.94. The Kier molecular flexibility index (Phi) is 5.37. The predicted molar refractivity (Wildman–Crippen MR) is 127 cm³/mol. The van der Waals surface area contributed by atoms with Crippen LogP contribution in [0.2, 0.25) is 5.02 Å². The number of allylic oxidation sites excluding steroid dienone is 2. The second-order valence-corrected chi connectivity index (χ2v) is 10.4. The Morgan fingerprint density at radius 1 is 0.914 bits per heavy atom. The van der Waals surface area contributed by atoms with Crippen LogP contribution in [0.5, 0.6) is 0 Å². The van der Waals surface area contributed by atoms with Crippen LogP contribution in [0.1, 0.15) is 22.3 Å². The number of hydrogen-bond acceptors (Lipinski definition) is 5. The summed E-state index contributed by atoms with van der Waals surface area (Å²) in [6.07, 6.45) is 5.41. The lowest BCUT2D eigenvalue weighted by molar-refractivity contribution is -0.158. The lowest BCUT2D eigenvalue weighted by Gasteiger charge is -2.37. The van der Waals surface area contributed by atoms with Gasteiger partial charge in [-0.05, 0) is 59.9 Å². The van der Waals surface area contributed by atoms with Gasteiger partial charge >= 0.3 is 5.97 Å². The highest BCUT2D eigenvalue weighted by Crippen LogP contribution is 2.65. The molecule has 2 aromatic carbocycles. The van der Waals surface area contributed by atoms with Crippen LogP contribution in [-0.4, -0.2) is 41.1 Å². The van der Waals surface area contributed by atoms with Gasteiger partial charge in [-0.25, -0.2) is 4.79 Å². The van der Waals surface area contributed by atoms with Crippen molar-refractivity contribution in [3.63, 3.8) is 0 Å². The molecule has 1 heterocycles. The van der Waals surface area contributed by atoms with E-state index >= 15 is 0 Å². The average molecular weight is 490 g/mol. The third kappa shape index (κ3) is 3.71. The van der Waals surface area contributed by atoms with Crippen LogP contribution in [-0.2, 0) is 25.5 Å². The number of benzene rings is 2. The van der Waals surface area contributed by atoms with Gasteiger partial charge in [0, 0.05) is 17.0 Å². The molecule has 1 saturated heterocycles. The van der Waals surface area contributed by atoms with Crippen molar-refractivity contribution in [2.75, 3.05) is 6.61 Å². The molecule has 0 spiro atoms. The summed E-state index contributed by atoms with van der Waals surface area (Å²) in [5, 5.41) is 0.495. The number of nitrogens with zero attached hydrogens (tertiary/aromatic N) is 1. The summed E-state index contributed by atoms with van der Waals surface area (Å²) in [5.74, 6) is -1.43. The van der Waals surface area contributed by atoms with Crippen LogP contribution in [0.4, 0.5) is 0 Å². The predicted octanol–water partition coefficient (Wildman–Crippen LogP) is 3.73. The summed E-state index contributed by atoms with van der Waals surface area (Å²) in [6.45, 7) is -0.480. The Morgan fingerprint density at radius 2 is 1.51 bits per heavy atom. The number of hydrogen-bond donors (Lipinski definition) is 0. The molecule has 1 aliphatic heterocycles. The highest BCUT2D eigenvalue weighted by atomic mass is 35.5. The summed E-state index contributed by atoms with van der Waals surface area (Å²) < 4.78 is 5.40. The number of halogens is 1. The zero-order valence-electron chi connectivity index (χ0n) is 18.9. The molecule has 2 bridgehead atoms. The van der Waals surface area contributed by atoms with E-state index < -0.39 is 30.5 Å². The molecule has 0 unspecified atom stereocenters. The zero-order chi connectivity index (χ0) is 24.3. The molecule has 7 rings (SSSR count). The van der Waals surface area contributed by atoms with Gasteiger partial charge in [-0.2, -0.15) is 0 Å². The van der Waals surface area contributed by atoms with Crippen LogP contribution >= 0.6 is 11.6 Å². The minimum atomic E-state index is -1.11. The van der Waals surface area contributed by atoms with Gasteiger partial charge in [0.15, 0.2) is 12.4 Å². The number of ketones is 1. The molecule has 7 atom stereocenters. The molecule has 3 fully saturated rings. The van der Waals surface area contributed by atoms with Gasteiger partial charge < -0.3 is 4.74 Å². The largest absolute Gasteiger partial charge is 0.456 e. The molecule has 6 nitrogen and oxygen atoms in total. The number of esters is 1. The number of carbonyl (C=O) groups is 4. The molecular formula is C28H24ClNO5. The van der Waals surface area contributed by atoms with Gasteiger partial charge in [-0.3, -0.25) is 19.3 Å². The van der Waals surface area contributed by atoms with Gasteiger partial charge in [0.2, 0.25) is 11.8 Å². The Labute approximate surface area is 207 Å². The number of Topliss-reactive ketones (excluding diaryl/α,β-unsaturated/α-hetero) is 1. The Hall–Kier alpha value is -3.25. The fraction of sp³-hybridized carbons (Fsp3) is 0.357. The molecule has 0 radical (unpaired) electrons. The first-order chi connectivity index (χ1) is 16.9. The van der Waals surface area contributed by atoms with Crippen LogP contribution in [0, 0.1) is 35.5 Å². The van der Waals surface area contributed by atoms with Crippen LogP contribution < -0.4 is 0 Å². The molecule has 35 heavy (non-hydrogen) atoms. The minimum Gasteiger partial charge on any atom is -0.456 e. The normalized spacial score (nSPS) is 30.6. The molecule has 2 amide bonds. The summed E-state index contributed by atoms with van der Waals surface area (Å²) in [4.78, 5) is 54.3. The summed E-state index contributed by atoms with van der Waals surface area (Å²) >= 11 is 5.88. The van der Waals surface area contributed by atoms with Crippen molar-refractivity contribution in [2.45, 2.75) is 18.9 Å². The minimum absolute atomic E-state index is 0.0660. The van der Waals surface area contributed by atoms with Crippen molar-refractivity contribution in [1.82, 2.24) is 4.90 Å². The highest BCUT2D eigenvalue weighted by Gasteiger charge is 2.68. The second kappa shape index (κ2) is 8.45. The maximum absolute atomic E-state index is 13.6. The smallest absolute Gasteiger partial charge is 0.330 e. The third-order valence-corrected chi connectivity index (χ3v) is 8.32. The van der Waals surface area contributed by atoms with E-state index in [9.17, 15) is 19.2 Å². The molecule has 4 aliphatic carbocycles. The highest BCUT2D eigenvalue weighted by molar-refractivity contribution is 6.30. The molecule has 7 heteroatoms. The van der Waals surface area contributed by atoms with E-state index in [0.29, 0.717) is 22.4 Å². The number of likely N-dealkylation sites (tertiary alicyclic amines) is 1. The fourth-order valence-corrected chi connectivity index (χ4v) is 6.48. The lowest BCUT2D eigenvalue weighted by Crippen LogP contribution is -2.48. The van der Waals surface area contributed by atoms with Crippen molar-refractivity contribution in [3.05, 3.63) is 82.9 Å². The average Bonchev–Trinajstić information content (AvgIpc) is 3.65. The quantitative estimate of drug-likeness (QED) is 0.256. The SMILES string of the molecule is O=C(COC(=O)[C@H](Cc1ccccc1)N1C(=O)[C@@H]2[C@H]3C=C[C@@H]([C@@H]4C[C@H]34)[C@H]2C1=O)c1ccc(Cl)cc1. The van der Waals surface area contributed by atoms with E-state index in [1.54, 1.807) is 24.3 Å². The summed E-state index contributed by atoms with van der Waals surface area (Å²) in [5.41, 5.74) is 1.17. The van der Waals surface area contributed by atoms with Crippen molar-refractivity contribution in [2.24, 2.45) is 35.5 Å². The Morgan fingerprint density at radius 3 is 2.11 bits per heavy atom. The topological polar surface area (TPSA) is 80.8 Å². The van der Waals surface area contributed by atoms with E-state index in [0.717, 1.165) is 16.9 Å². The van der Waals surface area contributed by atoms with E-state index in [4.69, 9.17) is 16.3 Å². The fourth-order valence-electron chi connectivity index (χ4n) is 6.36. The number of amides is 2. The summed E-state index contributed by atoms with van der Waals surface area (Å²) in [6, 6.07) is 14.4. The van der Waals surface area contributed by atoms with E-state index in [1.807, 2.05) is 30.3 Å². The number of ether oxygens (including phenoxy) is 1. The number of imide groups is 1. The third-order valence-electron chi connectivity index (χ3n) is 8.06. The maximum Gasteiger partial charge on any atom is 0.330 e. The molecule has 178 valence electrons. The van der Waals surface area contributed by atoms with E-state index in [-0.39, 0.29) is 35.9 Å². The Balaban J connectivity index is 1.25. The first kappa shape index (κ1) is 22.2. The van der Waals surface area contributed by atoms with E-state index in [2.05, 4.69) is 12.2 Å². The van der Waals surface area contributed by atoms with Crippen LogP contribution in [0.3, 0.4) is 0 Å². The summed E-state index contributed by atoms with van der Waals surface area (Å²) in [7, 11) is 0. The van der Waals surface area contributed by atoms with E-state index in [1.165, 1.54) is 0 Å². The van der Waals surface area contributed by atoms with Crippen molar-refractivity contribution < 1.29 is 23.9 Å². The molecule has 2 aromatic rings. The van der Waals surface area contributed by atoms with Gasteiger partial charge in [0.05, 0.1) is 11.8 Å². The molecule has 2 saturated carbocycles. The first-order valence-corrected chi connectivity index (χ1v) is 12.4. The van der Waals surface area contributed by atoms with Crippen LogP contribution in [0.25, 0.3) is 0 Å². The standard InChI is InChI=1S/C28H24ClNO5/c29-17-8-6-16(7-9-17)23(31)14-35-28(34)22(12-15-4-2-1-3-5-15)30-26(32)24-18-10-11-19(21-13-20(18)21)25(24)27(30)33/h1-11,18-22,24-25H,12-14H2/t18-,19-,20-,21+,22-,24+,25+/m0/s1. The molecular weight excluding hydrogens is 466 g/mol. The van der Waals surface area contributed by atoms with Crippen molar-refractivity contribution >= 4 is 35.2 Å². The van der Waals surface area contributed by atoms with Gasteiger partial charge in [0.25, 0.3) is 0 Å². The van der Waals surface area contributed by atoms with Crippen LogP contribution in [0.15, 0.2) is 66.7 Å². The monoisotopic (exact) mass is 489 g/mol. The molecule has 0 aromatic heterocycles. The van der Waals surface area contributed by atoms with Crippen molar-refractivity contribution in [1.29, 1.82) is 0 Å². The number of rotatable bonds is 7. The Bertz CT molecular complexity index is 1200. The van der Waals surface area contributed by atoms with Gasteiger partial charge in [-0.1, -0.05) is 54.1 Å². The maximum atomic E-state index is 13.6. The molecule has 5 aliphatic rings. The van der Waals surface area contributed by atoms with Gasteiger partial charge in [-0.15, -0.1) is 0 Å². The lowest BCUT2D eigenvalue weighted by atomic mass is 9.63.